The Bertz CT molecular complexity index is 313. The van der Waals surface area contributed by atoms with Crippen molar-refractivity contribution in [2.75, 3.05) is 13.7 Å². The van der Waals surface area contributed by atoms with Crippen LogP contribution in [0.15, 0.2) is 0 Å². The molecule has 6 heteroatoms. The molecule has 1 heterocycles. The molecule has 1 aliphatic heterocycles. The summed E-state index contributed by atoms with van der Waals surface area (Å²) >= 11 is 0. The molecule has 98 valence electrons. The number of halogens is 1. The van der Waals surface area contributed by atoms with E-state index in [-0.39, 0.29) is 13.0 Å². The number of methoxy groups -OCH3 is 1. The van der Waals surface area contributed by atoms with Crippen LogP contribution >= 0.6 is 0 Å². The van der Waals surface area contributed by atoms with E-state index >= 15 is 0 Å². The van der Waals surface area contributed by atoms with Gasteiger partial charge >= 0.3 is 12.1 Å². The van der Waals surface area contributed by atoms with E-state index in [1.165, 1.54) is 7.11 Å². The van der Waals surface area contributed by atoms with Crippen molar-refractivity contribution in [3.05, 3.63) is 0 Å². The maximum atomic E-state index is 13.5. The maximum absolute atomic E-state index is 13.5. The van der Waals surface area contributed by atoms with Gasteiger partial charge in [0.25, 0.3) is 0 Å². The molecule has 1 aliphatic rings. The predicted octanol–water partition coefficient (Wildman–Crippen LogP) is 1.51. The third kappa shape index (κ3) is 3.31. The number of rotatable bonds is 1. The Morgan fingerprint density at radius 1 is 1.35 bits per heavy atom. The van der Waals surface area contributed by atoms with Gasteiger partial charge in [-0.2, -0.15) is 0 Å². The van der Waals surface area contributed by atoms with Crippen LogP contribution in [0.25, 0.3) is 0 Å². The highest BCUT2D eigenvalue weighted by Gasteiger charge is 2.44. The third-order valence-corrected chi connectivity index (χ3v) is 2.39. The molecule has 1 amide bonds. The number of carbonyl (C=O) groups excluding carboxylic acids is 2. The van der Waals surface area contributed by atoms with Crippen LogP contribution in [0.4, 0.5) is 9.18 Å². The summed E-state index contributed by atoms with van der Waals surface area (Å²) in [6.07, 6.45) is -1.96. The second-order valence-corrected chi connectivity index (χ2v) is 4.95. The first kappa shape index (κ1) is 13.7. The van der Waals surface area contributed by atoms with Gasteiger partial charge < -0.3 is 9.47 Å². The fourth-order valence-electron chi connectivity index (χ4n) is 1.68. The Morgan fingerprint density at radius 2 is 1.94 bits per heavy atom. The average molecular weight is 247 g/mol. The summed E-state index contributed by atoms with van der Waals surface area (Å²) in [5.74, 6) is -0.749. The standard InChI is InChI=1S/C11H18FNO4/c1-11(2,3)17-10(15)13-6-5-7(12)8(13)9(14)16-4/h7-8H,5-6H2,1-4H3/t7-,8-/m1/s1. The molecule has 0 aromatic rings. The van der Waals surface area contributed by atoms with Gasteiger partial charge in [-0.3, -0.25) is 4.90 Å². The van der Waals surface area contributed by atoms with Gasteiger partial charge in [0.1, 0.15) is 11.8 Å². The molecule has 0 unspecified atom stereocenters. The predicted molar refractivity (Wildman–Crippen MR) is 58.3 cm³/mol. The Kier molecular flexibility index (Phi) is 3.95. The van der Waals surface area contributed by atoms with Crippen molar-refractivity contribution in [2.24, 2.45) is 0 Å². The molecule has 0 radical (unpaired) electrons. The van der Waals surface area contributed by atoms with Crippen LogP contribution < -0.4 is 0 Å². The second-order valence-electron chi connectivity index (χ2n) is 4.95. The van der Waals surface area contributed by atoms with Crippen molar-refractivity contribution in [3.63, 3.8) is 0 Å². The molecule has 2 atom stereocenters. The Hall–Kier alpha value is -1.33. The Balaban J connectivity index is 2.76. The molecule has 1 saturated heterocycles. The smallest absolute Gasteiger partial charge is 0.411 e. The fraction of sp³-hybridized carbons (Fsp3) is 0.818. The Labute approximate surface area is 99.9 Å². The van der Waals surface area contributed by atoms with Crippen LogP contribution in [-0.4, -0.2) is 48.4 Å². The molecule has 1 rings (SSSR count). The monoisotopic (exact) mass is 247 g/mol. The van der Waals surface area contributed by atoms with E-state index in [2.05, 4.69) is 4.74 Å². The molecule has 0 saturated carbocycles. The summed E-state index contributed by atoms with van der Waals surface area (Å²) in [5, 5.41) is 0. The van der Waals surface area contributed by atoms with Gasteiger partial charge in [0.2, 0.25) is 0 Å². The zero-order valence-corrected chi connectivity index (χ0v) is 10.5. The van der Waals surface area contributed by atoms with E-state index in [1.54, 1.807) is 20.8 Å². The molecule has 0 aromatic carbocycles. The first-order valence-corrected chi connectivity index (χ1v) is 5.48. The molecular formula is C11H18FNO4. The number of hydrogen-bond acceptors (Lipinski definition) is 4. The van der Waals surface area contributed by atoms with Crippen molar-refractivity contribution in [1.82, 2.24) is 4.90 Å². The van der Waals surface area contributed by atoms with Gasteiger partial charge in [-0.05, 0) is 27.2 Å². The van der Waals surface area contributed by atoms with E-state index in [1.807, 2.05) is 0 Å². The number of amides is 1. The van der Waals surface area contributed by atoms with Crippen LogP contribution in [0, 0.1) is 0 Å². The van der Waals surface area contributed by atoms with Crippen LogP contribution in [0.2, 0.25) is 0 Å². The van der Waals surface area contributed by atoms with Crippen LogP contribution in [0.3, 0.4) is 0 Å². The molecular weight excluding hydrogens is 229 g/mol. The average Bonchev–Trinajstić information content (AvgIpc) is 2.56. The van der Waals surface area contributed by atoms with Crippen molar-refractivity contribution < 1.29 is 23.5 Å². The van der Waals surface area contributed by atoms with Crippen LogP contribution in [-0.2, 0) is 14.3 Å². The van der Waals surface area contributed by atoms with E-state index in [9.17, 15) is 14.0 Å². The number of nitrogens with zero attached hydrogens (tertiary/aromatic N) is 1. The van der Waals surface area contributed by atoms with E-state index in [0.717, 1.165) is 4.90 Å². The highest BCUT2D eigenvalue weighted by atomic mass is 19.1. The summed E-state index contributed by atoms with van der Waals surface area (Å²) in [6, 6.07) is -1.19. The zero-order valence-electron chi connectivity index (χ0n) is 10.5. The molecule has 0 spiro atoms. The minimum atomic E-state index is -1.39. The van der Waals surface area contributed by atoms with Crippen LogP contribution in [0.1, 0.15) is 27.2 Å². The molecule has 17 heavy (non-hydrogen) atoms. The fourth-order valence-corrected chi connectivity index (χ4v) is 1.68. The summed E-state index contributed by atoms with van der Waals surface area (Å²) in [7, 11) is 1.17. The Morgan fingerprint density at radius 3 is 2.41 bits per heavy atom. The van der Waals surface area contributed by atoms with Crippen molar-refractivity contribution in [2.45, 2.75) is 45.0 Å². The summed E-state index contributed by atoms with van der Waals surface area (Å²) < 4.78 is 23.1. The lowest BCUT2D eigenvalue weighted by Crippen LogP contribution is -2.46. The summed E-state index contributed by atoms with van der Waals surface area (Å²) in [4.78, 5) is 24.2. The molecule has 0 bridgehead atoms. The lowest BCUT2D eigenvalue weighted by Gasteiger charge is -2.27. The minimum Gasteiger partial charge on any atom is -0.467 e. The van der Waals surface area contributed by atoms with E-state index in [0.29, 0.717) is 0 Å². The SMILES string of the molecule is COC(=O)[C@H]1[C@H](F)CCN1C(=O)OC(C)(C)C. The maximum Gasteiger partial charge on any atom is 0.411 e. The lowest BCUT2D eigenvalue weighted by molar-refractivity contribution is -0.147. The number of esters is 1. The number of hydrogen-bond donors (Lipinski definition) is 0. The van der Waals surface area contributed by atoms with Gasteiger partial charge in [-0.1, -0.05) is 0 Å². The van der Waals surface area contributed by atoms with Gasteiger partial charge in [-0.15, -0.1) is 0 Å². The van der Waals surface area contributed by atoms with E-state index in [4.69, 9.17) is 4.74 Å². The van der Waals surface area contributed by atoms with Gasteiger partial charge in [-0.25, -0.2) is 14.0 Å². The third-order valence-electron chi connectivity index (χ3n) is 2.39. The lowest BCUT2D eigenvalue weighted by atomic mass is 10.2. The van der Waals surface area contributed by atoms with Crippen molar-refractivity contribution >= 4 is 12.1 Å². The van der Waals surface area contributed by atoms with E-state index < -0.39 is 29.9 Å². The summed E-state index contributed by atoms with van der Waals surface area (Å²) in [6.45, 7) is 5.29. The molecule has 0 N–H and O–H groups in total. The first-order valence-electron chi connectivity index (χ1n) is 5.48. The largest absolute Gasteiger partial charge is 0.467 e. The van der Waals surface area contributed by atoms with Crippen LogP contribution in [0.5, 0.6) is 0 Å². The number of carbonyl (C=O) groups is 2. The van der Waals surface area contributed by atoms with Gasteiger partial charge in [0.15, 0.2) is 6.04 Å². The van der Waals surface area contributed by atoms with Gasteiger partial charge in [0, 0.05) is 6.54 Å². The normalized spacial score (nSPS) is 24.6. The second kappa shape index (κ2) is 4.89. The van der Waals surface area contributed by atoms with Crippen molar-refractivity contribution in [1.29, 1.82) is 0 Å². The highest BCUT2D eigenvalue weighted by molar-refractivity contribution is 5.82. The molecule has 1 fully saturated rings. The molecule has 0 aliphatic carbocycles. The summed E-state index contributed by atoms with van der Waals surface area (Å²) in [5.41, 5.74) is -0.674. The quantitative estimate of drug-likeness (QED) is 0.659. The molecule has 5 nitrogen and oxygen atoms in total. The zero-order chi connectivity index (χ0) is 13.2. The molecule has 0 aromatic heterocycles. The van der Waals surface area contributed by atoms with Gasteiger partial charge in [0.05, 0.1) is 7.11 Å². The first-order chi connectivity index (χ1) is 7.76. The number of alkyl halides is 1. The highest BCUT2D eigenvalue weighted by Crippen LogP contribution is 2.24. The topological polar surface area (TPSA) is 55.8 Å². The number of ether oxygens (including phenoxy) is 2. The van der Waals surface area contributed by atoms with Crippen molar-refractivity contribution in [3.8, 4) is 0 Å². The number of likely N-dealkylation sites (tertiary alicyclic amines) is 1. The minimum absolute atomic E-state index is 0.124.